The van der Waals surface area contributed by atoms with E-state index in [4.69, 9.17) is 4.99 Å². The van der Waals surface area contributed by atoms with Crippen molar-refractivity contribution in [3.63, 3.8) is 0 Å². The van der Waals surface area contributed by atoms with Gasteiger partial charge in [-0.1, -0.05) is 43.2 Å². The van der Waals surface area contributed by atoms with Gasteiger partial charge in [0, 0.05) is 45.3 Å². The van der Waals surface area contributed by atoms with Crippen LogP contribution in [0.5, 0.6) is 0 Å². The molecule has 5 nitrogen and oxygen atoms in total. The molecule has 1 heterocycles. The molecule has 0 bridgehead atoms. The van der Waals surface area contributed by atoms with Crippen LogP contribution in [-0.2, 0) is 6.42 Å². The average molecular weight is 516 g/mol. The molecular weight excluding hydrogens is 473 g/mol. The van der Waals surface area contributed by atoms with E-state index in [2.05, 4.69) is 80.3 Å². The molecule has 1 aromatic carbocycles. The normalized spacial score (nSPS) is 17.1. The van der Waals surface area contributed by atoms with Crippen LogP contribution in [0.25, 0.3) is 0 Å². The van der Waals surface area contributed by atoms with Gasteiger partial charge in [-0.05, 0) is 45.7 Å². The fraction of sp³-hybridized carbons (Fsp3) is 0.696. The van der Waals surface area contributed by atoms with Gasteiger partial charge in [0.25, 0.3) is 0 Å². The number of hydrogen-bond donors (Lipinski definition) is 2. The Morgan fingerprint density at radius 3 is 2.21 bits per heavy atom. The smallest absolute Gasteiger partial charge is 0.191 e. The number of benzene rings is 1. The monoisotopic (exact) mass is 515 g/mol. The second-order valence-electron chi connectivity index (χ2n) is 8.54. The predicted molar refractivity (Wildman–Crippen MR) is 137 cm³/mol. The summed E-state index contributed by atoms with van der Waals surface area (Å²) in [4.78, 5) is 9.97. The molecule has 0 radical (unpaired) electrons. The molecule has 2 N–H and O–H groups in total. The standard InChI is InChI=1S/C23H41N5.HI/c1-7-24-23(25-9-8-21-15-19(4)14-20(5)16-21)26-17-22(18(2)3)28-12-10-27(6)11-13-28;/h14-16,18,22H,7-13,17H2,1-6H3,(H2,24,25,26);1H. The number of halogens is 1. The van der Waals surface area contributed by atoms with Crippen molar-refractivity contribution in [2.45, 2.75) is 47.1 Å². The first-order valence-electron chi connectivity index (χ1n) is 10.9. The van der Waals surface area contributed by atoms with Crippen molar-refractivity contribution < 1.29 is 0 Å². The van der Waals surface area contributed by atoms with Crippen LogP contribution in [0, 0.1) is 19.8 Å². The molecule has 1 aromatic rings. The molecule has 1 saturated heterocycles. The maximum atomic E-state index is 4.93. The Hall–Kier alpha value is -0.860. The van der Waals surface area contributed by atoms with Gasteiger partial charge in [-0.25, -0.2) is 0 Å². The van der Waals surface area contributed by atoms with Crippen LogP contribution < -0.4 is 10.6 Å². The average Bonchev–Trinajstić information content (AvgIpc) is 2.62. The summed E-state index contributed by atoms with van der Waals surface area (Å²) in [5.41, 5.74) is 4.06. The van der Waals surface area contributed by atoms with E-state index in [0.29, 0.717) is 12.0 Å². The highest BCUT2D eigenvalue weighted by Crippen LogP contribution is 2.14. The summed E-state index contributed by atoms with van der Waals surface area (Å²) in [6.45, 7) is 18.3. The lowest BCUT2D eigenvalue weighted by Gasteiger charge is -2.39. The van der Waals surface area contributed by atoms with Gasteiger partial charge < -0.3 is 15.5 Å². The predicted octanol–water partition coefficient (Wildman–Crippen LogP) is 3.29. The first-order chi connectivity index (χ1) is 13.4. The number of rotatable bonds is 8. The van der Waals surface area contributed by atoms with Crippen LogP contribution in [0.15, 0.2) is 23.2 Å². The van der Waals surface area contributed by atoms with Gasteiger partial charge in [-0.15, -0.1) is 24.0 Å². The minimum absolute atomic E-state index is 0. The summed E-state index contributed by atoms with van der Waals surface area (Å²) in [6, 6.07) is 7.29. The number of nitrogens with one attached hydrogen (secondary N) is 2. The lowest BCUT2D eigenvalue weighted by molar-refractivity contribution is 0.0925. The number of nitrogens with zero attached hydrogens (tertiary/aromatic N) is 3. The Morgan fingerprint density at radius 2 is 1.66 bits per heavy atom. The van der Waals surface area contributed by atoms with E-state index >= 15 is 0 Å². The second kappa shape index (κ2) is 13.4. The van der Waals surface area contributed by atoms with E-state index in [0.717, 1.165) is 58.2 Å². The van der Waals surface area contributed by atoms with Crippen LogP contribution in [0.2, 0.25) is 0 Å². The molecule has 0 saturated carbocycles. The zero-order valence-corrected chi connectivity index (χ0v) is 21.6. The van der Waals surface area contributed by atoms with E-state index in [-0.39, 0.29) is 24.0 Å². The third-order valence-corrected chi connectivity index (χ3v) is 5.54. The Labute approximate surface area is 195 Å². The van der Waals surface area contributed by atoms with Crippen LogP contribution in [-0.4, -0.2) is 74.7 Å². The first kappa shape index (κ1) is 26.2. The lowest BCUT2D eigenvalue weighted by atomic mass is 10.0. The van der Waals surface area contributed by atoms with Crippen LogP contribution in [0.1, 0.15) is 37.5 Å². The van der Waals surface area contributed by atoms with Gasteiger partial charge in [-0.3, -0.25) is 9.89 Å². The maximum absolute atomic E-state index is 4.93. The van der Waals surface area contributed by atoms with Crippen molar-refractivity contribution in [1.82, 2.24) is 20.4 Å². The number of aryl methyl sites for hydroxylation is 2. The molecule has 166 valence electrons. The number of guanidine groups is 1. The van der Waals surface area contributed by atoms with E-state index in [1.165, 1.54) is 16.7 Å². The summed E-state index contributed by atoms with van der Waals surface area (Å²) in [5, 5.41) is 6.93. The van der Waals surface area contributed by atoms with E-state index < -0.39 is 0 Å². The number of aliphatic imine (C=N–C) groups is 1. The number of piperazine rings is 1. The summed E-state index contributed by atoms with van der Waals surface area (Å²) in [5.74, 6) is 1.54. The molecular formula is C23H42IN5. The first-order valence-corrected chi connectivity index (χ1v) is 10.9. The van der Waals surface area contributed by atoms with Crippen molar-refractivity contribution in [3.8, 4) is 0 Å². The molecule has 2 rings (SSSR count). The molecule has 1 atom stereocenters. The van der Waals surface area contributed by atoms with Crippen LogP contribution >= 0.6 is 24.0 Å². The van der Waals surface area contributed by atoms with Crippen molar-refractivity contribution in [2.75, 3.05) is 52.9 Å². The Bertz CT molecular complexity index is 603. The fourth-order valence-electron chi connectivity index (χ4n) is 3.97. The second-order valence-corrected chi connectivity index (χ2v) is 8.54. The highest BCUT2D eigenvalue weighted by atomic mass is 127. The van der Waals surface area contributed by atoms with Crippen molar-refractivity contribution in [3.05, 3.63) is 34.9 Å². The van der Waals surface area contributed by atoms with Gasteiger partial charge >= 0.3 is 0 Å². The largest absolute Gasteiger partial charge is 0.357 e. The zero-order chi connectivity index (χ0) is 20.5. The lowest BCUT2D eigenvalue weighted by Crippen LogP contribution is -2.52. The Morgan fingerprint density at radius 1 is 1.03 bits per heavy atom. The van der Waals surface area contributed by atoms with Crippen molar-refractivity contribution >= 4 is 29.9 Å². The van der Waals surface area contributed by atoms with Gasteiger partial charge in [0.15, 0.2) is 5.96 Å². The molecule has 0 spiro atoms. The van der Waals surface area contributed by atoms with E-state index in [9.17, 15) is 0 Å². The zero-order valence-electron chi connectivity index (χ0n) is 19.3. The minimum Gasteiger partial charge on any atom is -0.357 e. The summed E-state index contributed by atoms with van der Waals surface area (Å²) in [7, 11) is 2.21. The topological polar surface area (TPSA) is 42.9 Å². The highest BCUT2D eigenvalue weighted by Gasteiger charge is 2.24. The third-order valence-electron chi connectivity index (χ3n) is 5.54. The van der Waals surface area contributed by atoms with Gasteiger partial charge in [0.2, 0.25) is 0 Å². The van der Waals surface area contributed by atoms with Crippen LogP contribution in [0.3, 0.4) is 0 Å². The summed E-state index contributed by atoms with van der Waals surface area (Å²) >= 11 is 0. The SMILES string of the molecule is CCNC(=NCC(C(C)C)N1CCN(C)CC1)NCCc1cc(C)cc(C)c1.I. The molecule has 6 heteroatoms. The molecule has 0 aliphatic carbocycles. The number of likely N-dealkylation sites (N-methyl/N-ethyl adjacent to an activating group) is 1. The molecule has 1 unspecified atom stereocenters. The number of hydrogen-bond acceptors (Lipinski definition) is 3. The van der Waals surface area contributed by atoms with Gasteiger partial charge in [0.1, 0.15) is 0 Å². The van der Waals surface area contributed by atoms with E-state index in [1.807, 2.05) is 0 Å². The molecule has 0 amide bonds. The summed E-state index contributed by atoms with van der Waals surface area (Å²) < 4.78 is 0. The van der Waals surface area contributed by atoms with Crippen molar-refractivity contribution in [2.24, 2.45) is 10.9 Å². The highest BCUT2D eigenvalue weighted by molar-refractivity contribution is 14.0. The van der Waals surface area contributed by atoms with Gasteiger partial charge in [-0.2, -0.15) is 0 Å². The molecule has 1 aliphatic heterocycles. The quantitative estimate of drug-likeness (QED) is 0.317. The fourth-order valence-corrected chi connectivity index (χ4v) is 3.97. The Kier molecular flexibility index (Phi) is 12.1. The molecule has 1 fully saturated rings. The van der Waals surface area contributed by atoms with Gasteiger partial charge in [0.05, 0.1) is 6.54 Å². The van der Waals surface area contributed by atoms with Crippen LogP contribution in [0.4, 0.5) is 0 Å². The Balaban J connectivity index is 0.00000420. The molecule has 1 aliphatic rings. The third kappa shape index (κ3) is 9.22. The summed E-state index contributed by atoms with van der Waals surface area (Å²) in [6.07, 6.45) is 1.01. The van der Waals surface area contributed by atoms with E-state index in [1.54, 1.807) is 0 Å². The minimum atomic E-state index is 0. The molecule has 29 heavy (non-hydrogen) atoms. The maximum Gasteiger partial charge on any atom is 0.191 e. The van der Waals surface area contributed by atoms with Crippen molar-refractivity contribution in [1.29, 1.82) is 0 Å². The molecule has 0 aromatic heterocycles.